The van der Waals surface area contributed by atoms with Gasteiger partial charge in [0.1, 0.15) is 24.2 Å². The Morgan fingerprint density at radius 2 is 1.60 bits per heavy atom. The topological polar surface area (TPSA) is 96.0 Å². The number of carbonyl (C=O) groups is 2. The van der Waals surface area contributed by atoms with E-state index in [1.54, 1.807) is 31.2 Å². The van der Waals surface area contributed by atoms with Crippen LogP contribution in [0.25, 0.3) is 0 Å². The van der Waals surface area contributed by atoms with Crippen LogP contribution in [0.2, 0.25) is 0 Å². The molecule has 0 spiro atoms. The first-order valence-corrected chi connectivity index (χ1v) is 16.7. The summed E-state index contributed by atoms with van der Waals surface area (Å²) in [6, 6.07) is 17.3. The lowest BCUT2D eigenvalue weighted by Gasteiger charge is -2.33. The fourth-order valence-corrected chi connectivity index (χ4v) is 6.75. The summed E-state index contributed by atoms with van der Waals surface area (Å²) in [5, 5.41) is 3.09. The molecule has 2 amide bonds. The standard InChI is InChI=1S/C32H37BrFN3O5S/c1-3-42-29-17-15-28(16-18-29)37(43(40,41)30-19-13-26(34)14-20-30)22-31(38)36(21-24-9-11-25(33)12-10-24)23(2)32(39)35-27-7-5-4-6-8-27/h9-20,23,27H,3-8,21-22H2,1-2H3,(H,35,39). The number of amides is 2. The van der Waals surface area contributed by atoms with Crippen molar-refractivity contribution in [3.8, 4) is 5.75 Å². The van der Waals surface area contributed by atoms with Crippen molar-refractivity contribution in [3.05, 3.63) is 88.6 Å². The van der Waals surface area contributed by atoms with Crippen molar-refractivity contribution in [1.29, 1.82) is 0 Å². The summed E-state index contributed by atoms with van der Waals surface area (Å²) < 4.78 is 48.8. The van der Waals surface area contributed by atoms with Crippen molar-refractivity contribution in [1.82, 2.24) is 10.2 Å². The molecule has 0 aromatic heterocycles. The molecule has 3 aromatic carbocycles. The summed E-state index contributed by atoms with van der Waals surface area (Å²) in [4.78, 5) is 28.7. The first-order valence-electron chi connectivity index (χ1n) is 14.4. The molecule has 0 radical (unpaired) electrons. The van der Waals surface area contributed by atoms with E-state index >= 15 is 0 Å². The maximum absolute atomic E-state index is 14.1. The third-order valence-corrected chi connectivity index (χ3v) is 9.82. The lowest BCUT2D eigenvalue weighted by atomic mass is 9.95. The van der Waals surface area contributed by atoms with Gasteiger partial charge >= 0.3 is 0 Å². The maximum atomic E-state index is 14.1. The molecule has 0 bridgehead atoms. The number of ether oxygens (including phenoxy) is 1. The molecule has 0 aliphatic heterocycles. The zero-order chi connectivity index (χ0) is 31.0. The highest BCUT2D eigenvalue weighted by atomic mass is 79.9. The molecule has 1 aliphatic carbocycles. The number of nitrogens with one attached hydrogen (secondary N) is 1. The number of halogens is 2. The summed E-state index contributed by atoms with van der Waals surface area (Å²) in [6.07, 6.45) is 5.00. The normalized spacial score (nSPS) is 14.5. The monoisotopic (exact) mass is 673 g/mol. The second-order valence-electron chi connectivity index (χ2n) is 10.6. The van der Waals surface area contributed by atoms with Crippen LogP contribution in [0.4, 0.5) is 10.1 Å². The van der Waals surface area contributed by atoms with E-state index in [0.29, 0.717) is 12.4 Å². The van der Waals surface area contributed by atoms with E-state index in [0.717, 1.165) is 70.7 Å². The van der Waals surface area contributed by atoms with Crippen molar-refractivity contribution in [2.75, 3.05) is 17.5 Å². The third-order valence-electron chi connectivity index (χ3n) is 7.50. The zero-order valence-electron chi connectivity index (χ0n) is 24.3. The number of nitrogens with zero attached hydrogens (tertiary/aromatic N) is 2. The molecule has 11 heteroatoms. The van der Waals surface area contributed by atoms with Crippen molar-refractivity contribution in [2.45, 2.75) is 69.5 Å². The van der Waals surface area contributed by atoms with Crippen LogP contribution in [0.1, 0.15) is 51.5 Å². The molecule has 4 rings (SSSR count). The average Bonchev–Trinajstić information content (AvgIpc) is 3.00. The first kappa shape index (κ1) is 32.5. The van der Waals surface area contributed by atoms with Gasteiger partial charge in [-0.3, -0.25) is 13.9 Å². The van der Waals surface area contributed by atoms with Gasteiger partial charge in [0.15, 0.2) is 0 Å². The Hall–Kier alpha value is -3.44. The van der Waals surface area contributed by atoms with Crippen LogP contribution in [0.5, 0.6) is 5.75 Å². The van der Waals surface area contributed by atoms with Gasteiger partial charge in [-0.1, -0.05) is 47.3 Å². The number of hydrogen-bond acceptors (Lipinski definition) is 5. The van der Waals surface area contributed by atoms with Gasteiger partial charge in [-0.25, -0.2) is 12.8 Å². The minimum Gasteiger partial charge on any atom is -0.494 e. The van der Waals surface area contributed by atoms with Crippen LogP contribution in [-0.2, 0) is 26.2 Å². The van der Waals surface area contributed by atoms with Crippen LogP contribution >= 0.6 is 15.9 Å². The smallest absolute Gasteiger partial charge is 0.264 e. The molecule has 43 heavy (non-hydrogen) atoms. The molecular formula is C32H37BrFN3O5S. The predicted octanol–water partition coefficient (Wildman–Crippen LogP) is 6.05. The summed E-state index contributed by atoms with van der Waals surface area (Å²) in [5.74, 6) is -0.886. The largest absolute Gasteiger partial charge is 0.494 e. The van der Waals surface area contributed by atoms with E-state index in [1.807, 2.05) is 31.2 Å². The van der Waals surface area contributed by atoms with Crippen LogP contribution in [0.3, 0.4) is 0 Å². The molecule has 1 aliphatic rings. The number of anilines is 1. The number of carbonyl (C=O) groups excluding carboxylic acids is 2. The first-order chi connectivity index (χ1) is 20.6. The summed E-state index contributed by atoms with van der Waals surface area (Å²) in [6.45, 7) is 3.44. The van der Waals surface area contributed by atoms with Gasteiger partial charge in [-0.05, 0) is 92.9 Å². The molecule has 8 nitrogen and oxygen atoms in total. The second-order valence-corrected chi connectivity index (χ2v) is 13.3. The van der Waals surface area contributed by atoms with Gasteiger partial charge in [0.25, 0.3) is 10.0 Å². The van der Waals surface area contributed by atoms with Crippen molar-refractivity contribution in [2.24, 2.45) is 0 Å². The molecule has 1 atom stereocenters. The Bertz CT molecular complexity index is 1480. The predicted molar refractivity (Wildman–Crippen MR) is 168 cm³/mol. The lowest BCUT2D eigenvalue weighted by Crippen LogP contribution is -2.53. The van der Waals surface area contributed by atoms with Crippen molar-refractivity contribution in [3.63, 3.8) is 0 Å². The van der Waals surface area contributed by atoms with E-state index in [4.69, 9.17) is 4.74 Å². The minimum atomic E-state index is -4.30. The van der Waals surface area contributed by atoms with Crippen LogP contribution in [0, 0.1) is 5.82 Å². The lowest BCUT2D eigenvalue weighted by molar-refractivity contribution is -0.139. The fourth-order valence-electron chi connectivity index (χ4n) is 5.08. The highest BCUT2D eigenvalue weighted by Crippen LogP contribution is 2.27. The quantitative estimate of drug-likeness (QED) is 0.253. The summed E-state index contributed by atoms with van der Waals surface area (Å²) in [7, 11) is -4.30. The van der Waals surface area contributed by atoms with Gasteiger partial charge in [-0.2, -0.15) is 0 Å². The molecular weight excluding hydrogens is 637 g/mol. The maximum Gasteiger partial charge on any atom is 0.264 e. The van der Waals surface area contributed by atoms with Gasteiger partial charge in [0, 0.05) is 17.1 Å². The van der Waals surface area contributed by atoms with Crippen molar-refractivity contribution >= 4 is 43.5 Å². The molecule has 230 valence electrons. The average molecular weight is 675 g/mol. The van der Waals surface area contributed by atoms with E-state index in [9.17, 15) is 22.4 Å². The van der Waals surface area contributed by atoms with E-state index < -0.39 is 34.3 Å². The molecule has 3 aromatic rings. The second kappa shape index (κ2) is 14.8. The fraction of sp³-hybridized carbons (Fsp3) is 0.375. The molecule has 1 N–H and O–H groups in total. The highest BCUT2D eigenvalue weighted by Gasteiger charge is 2.33. The molecule has 1 fully saturated rings. The van der Waals surface area contributed by atoms with E-state index in [2.05, 4.69) is 21.2 Å². The molecule has 1 saturated carbocycles. The van der Waals surface area contributed by atoms with Crippen LogP contribution in [-0.4, -0.2) is 50.4 Å². The van der Waals surface area contributed by atoms with Gasteiger partial charge in [-0.15, -0.1) is 0 Å². The Morgan fingerprint density at radius 1 is 0.977 bits per heavy atom. The van der Waals surface area contributed by atoms with Gasteiger partial charge < -0.3 is 15.0 Å². The van der Waals surface area contributed by atoms with Crippen LogP contribution in [0.15, 0.2) is 82.2 Å². The number of sulfonamides is 1. The molecule has 0 heterocycles. The Morgan fingerprint density at radius 3 is 2.21 bits per heavy atom. The third kappa shape index (κ3) is 8.57. The zero-order valence-corrected chi connectivity index (χ0v) is 26.7. The summed E-state index contributed by atoms with van der Waals surface area (Å²) in [5.41, 5.74) is 1.01. The number of benzene rings is 3. The minimum absolute atomic E-state index is 0.0486. The Balaban J connectivity index is 1.67. The summed E-state index contributed by atoms with van der Waals surface area (Å²) >= 11 is 3.42. The molecule has 0 saturated heterocycles. The number of hydrogen-bond donors (Lipinski definition) is 1. The Labute approximate surface area is 261 Å². The van der Waals surface area contributed by atoms with Gasteiger partial charge in [0.2, 0.25) is 11.8 Å². The van der Waals surface area contributed by atoms with E-state index in [1.165, 1.54) is 4.90 Å². The Kier molecular flexibility index (Phi) is 11.2. The highest BCUT2D eigenvalue weighted by molar-refractivity contribution is 9.10. The number of rotatable bonds is 12. The SMILES string of the molecule is CCOc1ccc(N(CC(=O)N(Cc2ccc(Br)cc2)C(C)C(=O)NC2CCCCC2)S(=O)(=O)c2ccc(F)cc2)cc1. The van der Waals surface area contributed by atoms with Crippen LogP contribution < -0.4 is 14.4 Å². The van der Waals surface area contributed by atoms with E-state index in [-0.39, 0.29) is 29.1 Å². The van der Waals surface area contributed by atoms with Gasteiger partial charge in [0.05, 0.1) is 17.2 Å². The molecule has 1 unspecified atom stereocenters. The van der Waals surface area contributed by atoms with Crippen molar-refractivity contribution < 1.29 is 27.1 Å².